The van der Waals surface area contributed by atoms with Gasteiger partial charge in [0.1, 0.15) is 5.75 Å². The SMILES string of the molecule is COc1ccc(CN(C)Cn2cc(Cl)cn2)cc1. The minimum absolute atomic E-state index is 0.660. The summed E-state index contributed by atoms with van der Waals surface area (Å²) in [5, 5.41) is 4.81. The third kappa shape index (κ3) is 3.48. The largest absolute Gasteiger partial charge is 0.497 e. The third-order valence-electron chi connectivity index (χ3n) is 2.60. The van der Waals surface area contributed by atoms with Crippen LogP contribution in [-0.4, -0.2) is 28.8 Å². The lowest BCUT2D eigenvalue weighted by atomic mass is 10.2. The minimum Gasteiger partial charge on any atom is -0.497 e. The van der Waals surface area contributed by atoms with Crippen molar-refractivity contribution in [3.05, 3.63) is 47.2 Å². The average Bonchev–Trinajstić information content (AvgIpc) is 2.75. The fourth-order valence-corrected chi connectivity index (χ4v) is 1.91. The molecule has 0 aliphatic rings. The Morgan fingerprint density at radius 2 is 2.06 bits per heavy atom. The molecule has 0 radical (unpaired) electrons. The predicted octanol–water partition coefficient (Wildman–Crippen LogP) is 2.63. The number of benzene rings is 1. The number of halogens is 1. The molecule has 2 rings (SSSR count). The van der Waals surface area contributed by atoms with Gasteiger partial charge in [0.25, 0.3) is 0 Å². The average molecular weight is 266 g/mol. The molecule has 18 heavy (non-hydrogen) atoms. The lowest BCUT2D eigenvalue weighted by Gasteiger charge is -2.16. The number of nitrogens with zero attached hydrogens (tertiary/aromatic N) is 3. The van der Waals surface area contributed by atoms with Gasteiger partial charge in [0.15, 0.2) is 0 Å². The van der Waals surface area contributed by atoms with Crippen LogP contribution in [0, 0.1) is 0 Å². The molecule has 4 nitrogen and oxygen atoms in total. The number of hydrogen-bond donors (Lipinski definition) is 0. The van der Waals surface area contributed by atoms with E-state index < -0.39 is 0 Å². The van der Waals surface area contributed by atoms with Crippen LogP contribution in [0.2, 0.25) is 5.02 Å². The Labute approximate surface area is 112 Å². The molecular formula is C13H16ClN3O. The maximum Gasteiger partial charge on any atom is 0.118 e. The van der Waals surface area contributed by atoms with Crippen LogP contribution in [-0.2, 0) is 13.2 Å². The summed E-state index contributed by atoms with van der Waals surface area (Å²) < 4.78 is 6.94. The van der Waals surface area contributed by atoms with Crippen LogP contribution < -0.4 is 4.74 Å². The summed E-state index contributed by atoms with van der Waals surface area (Å²) in [5.41, 5.74) is 1.23. The van der Waals surface area contributed by atoms with Gasteiger partial charge in [-0.25, -0.2) is 0 Å². The first kappa shape index (κ1) is 12.9. The van der Waals surface area contributed by atoms with E-state index in [1.807, 2.05) is 30.1 Å². The number of aromatic nitrogens is 2. The third-order valence-corrected chi connectivity index (χ3v) is 2.79. The highest BCUT2D eigenvalue weighted by Crippen LogP contribution is 2.13. The van der Waals surface area contributed by atoms with Crippen LogP contribution in [0.15, 0.2) is 36.7 Å². The number of methoxy groups -OCH3 is 1. The van der Waals surface area contributed by atoms with Gasteiger partial charge in [0.2, 0.25) is 0 Å². The molecule has 0 unspecified atom stereocenters. The summed E-state index contributed by atoms with van der Waals surface area (Å²) in [6, 6.07) is 8.05. The molecule has 1 aromatic carbocycles. The standard InChI is InChI=1S/C13H16ClN3O/c1-16(10-17-9-12(14)7-15-17)8-11-3-5-13(18-2)6-4-11/h3-7,9H,8,10H2,1-2H3. The smallest absolute Gasteiger partial charge is 0.118 e. The first-order valence-electron chi connectivity index (χ1n) is 5.67. The second-order valence-corrected chi connectivity index (χ2v) is 4.64. The van der Waals surface area contributed by atoms with E-state index in [0.717, 1.165) is 12.3 Å². The highest BCUT2D eigenvalue weighted by atomic mass is 35.5. The fourth-order valence-electron chi connectivity index (χ4n) is 1.76. The Bertz CT molecular complexity index is 495. The molecule has 0 saturated heterocycles. The summed E-state index contributed by atoms with van der Waals surface area (Å²) >= 11 is 5.82. The van der Waals surface area contributed by atoms with E-state index in [2.05, 4.69) is 22.1 Å². The first-order chi connectivity index (χ1) is 8.67. The second kappa shape index (κ2) is 5.89. The quantitative estimate of drug-likeness (QED) is 0.833. The lowest BCUT2D eigenvalue weighted by molar-refractivity contribution is 0.246. The Balaban J connectivity index is 1.91. The van der Waals surface area contributed by atoms with Crippen LogP contribution in [0.1, 0.15) is 5.56 Å². The van der Waals surface area contributed by atoms with Gasteiger partial charge in [0.05, 0.1) is 25.0 Å². The number of rotatable bonds is 5. The van der Waals surface area contributed by atoms with Gasteiger partial charge in [-0.15, -0.1) is 0 Å². The summed E-state index contributed by atoms with van der Waals surface area (Å²) in [6.45, 7) is 1.56. The maximum atomic E-state index is 5.82. The van der Waals surface area contributed by atoms with Crippen molar-refractivity contribution in [2.24, 2.45) is 0 Å². The molecule has 96 valence electrons. The fraction of sp³-hybridized carbons (Fsp3) is 0.308. The molecule has 1 aromatic heterocycles. The minimum atomic E-state index is 0.660. The summed E-state index contributed by atoms with van der Waals surface area (Å²) in [4.78, 5) is 2.16. The Morgan fingerprint density at radius 3 is 2.61 bits per heavy atom. The van der Waals surface area contributed by atoms with Crippen LogP contribution in [0.5, 0.6) is 5.75 Å². The van der Waals surface area contributed by atoms with Gasteiger partial charge in [-0.3, -0.25) is 9.58 Å². The highest BCUT2D eigenvalue weighted by Gasteiger charge is 2.03. The van der Waals surface area contributed by atoms with Crippen molar-refractivity contribution in [2.75, 3.05) is 14.2 Å². The normalized spacial score (nSPS) is 10.9. The van der Waals surface area contributed by atoms with Gasteiger partial charge >= 0.3 is 0 Å². The Hall–Kier alpha value is -1.52. The zero-order valence-corrected chi connectivity index (χ0v) is 11.3. The van der Waals surface area contributed by atoms with E-state index in [1.165, 1.54) is 5.56 Å². The molecule has 0 fully saturated rings. The van der Waals surface area contributed by atoms with Crippen molar-refractivity contribution in [3.8, 4) is 5.75 Å². The van der Waals surface area contributed by atoms with E-state index >= 15 is 0 Å². The van der Waals surface area contributed by atoms with Crippen LogP contribution in [0.25, 0.3) is 0 Å². The molecule has 1 heterocycles. The van der Waals surface area contributed by atoms with Crippen molar-refractivity contribution in [2.45, 2.75) is 13.2 Å². The van der Waals surface area contributed by atoms with Gasteiger partial charge in [0, 0.05) is 12.7 Å². The first-order valence-corrected chi connectivity index (χ1v) is 6.04. The number of hydrogen-bond acceptors (Lipinski definition) is 3. The highest BCUT2D eigenvalue weighted by molar-refractivity contribution is 6.30. The molecule has 0 N–H and O–H groups in total. The molecule has 0 atom stereocenters. The maximum absolute atomic E-state index is 5.82. The van der Waals surface area contributed by atoms with Gasteiger partial charge in [-0.1, -0.05) is 23.7 Å². The van der Waals surface area contributed by atoms with Crippen molar-refractivity contribution >= 4 is 11.6 Å². The van der Waals surface area contributed by atoms with Crippen molar-refractivity contribution in [3.63, 3.8) is 0 Å². The van der Waals surface area contributed by atoms with Gasteiger partial charge < -0.3 is 4.74 Å². The summed E-state index contributed by atoms with van der Waals surface area (Å²) in [7, 11) is 3.71. The van der Waals surface area contributed by atoms with E-state index in [-0.39, 0.29) is 0 Å². The van der Waals surface area contributed by atoms with Crippen LogP contribution >= 0.6 is 11.6 Å². The molecule has 0 aliphatic carbocycles. The monoisotopic (exact) mass is 265 g/mol. The second-order valence-electron chi connectivity index (χ2n) is 4.20. The van der Waals surface area contributed by atoms with Crippen LogP contribution in [0.4, 0.5) is 0 Å². The molecule has 0 bridgehead atoms. The van der Waals surface area contributed by atoms with Gasteiger partial charge in [-0.05, 0) is 24.7 Å². The van der Waals surface area contributed by atoms with E-state index in [4.69, 9.17) is 16.3 Å². The lowest BCUT2D eigenvalue weighted by Crippen LogP contribution is -2.21. The van der Waals surface area contributed by atoms with Crippen LogP contribution in [0.3, 0.4) is 0 Å². The van der Waals surface area contributed by atoms with E-state index in [9.17, 15) is 0 Å². The molecule has 0 spiro atoms. The summed E-state index contributed by atoms with van der Waals surface area (Å²) in [5.74, 6) is 0.875. The Kier molecular flexibility index (Phi) is 4.23. The molecule has 0 aliphatic heterocycles. The zero-order chi connectivity index (χ0) is 13.0. The van der Waals surface area contributed by atoms with E-state index in [0.29, 0.717) is 11.7 Å². The molecule has 2 aromatic rings. The van der Waals surface area contributed by atoms with E-state index in [1.54, 1.807) is 13.3 Å². The Morgan fingerprint density at radius 1 is 1.33 bits per heavy atom. The van der Waals surface area contributed by atoms with Crippen molar-refractivity contribution < 1.29 is 4.74 Å². The van der Waals surface area contributed by atoms with Crippen molar-refractivity contribution in [1.82, 2.24) is 14.7 Å². The molecular weight excluding hydrogens is 250 g/mol. The zero-order valence-electron chi connectivity index (χ0n) is 10.5. The topological polar surface area (TPSA) is 30.3 Å². The van der Waals surface area contributed by atoms with Crippen molar-refractivity contribution in [1.29, 1.82) is 0 Å². The molecule has 5 heteroatoms. The number of ether oxygens (including phenoxy) is 1. The molecule has 0 saturated carbocycles. The van der Waals surface area contributed by atoms with Gasteiger partial charge in [-0.2, -0.15) is 5.10 Å². The molecule has 0 amide bonds. The predicted molar refractivity (Wildman–Crippen MR) is 71.7 cm³/mol. The summed E-state index contributed by atoms with van der Waals surface area (Å²) in [6.07, 6.45) is 3.45.